The first-order valence-electron chi connectivity index (χ1n) is 8.09. The third-order valence-corrected chi connectivity index (χ3v) is 6.82. The van der Waals surface area contributed by atoms with Crippen molar-refractivity contribution in [2.24, 2.45) is 5.41 Å². The van der Waals surface area contributed by atoms with Crippen LogP contribution in [0, 0.1) is 5.41 Å². The number of hydrogen-bond acceptors (Lipinski definition) is 1. The van der Waals surface area contributed by atoms with Gasteiger partial charge in [0.2, 0.25) is 0 Å². The van der Waals surface area contributed by atoms with Crippen LogP contribution in [0.5, 0.6) is 0 Å². The Kier molecular flexibility index (Phi) is 4.75. The lowest BCUT2D eigenvalue weighted by Gasteiger charge is -2.34. The first kappa shape index (κ1) is 15.8. The minimum absolute atomic E-state index is 0.567. The summed E-state index contributed by atoms with van der Waals surface area (Å²) in [7, 11) is -1.15. The zero-order chi connectivity index (χ0) is 14.8. The molecule has 112 valence electrons. The molecule has 1 aliphatic carbocycles. The zero-order valence-corrected chi connectivity index (χ0v) is 14.9. The van der Waals surface area contributed by atoms with Crippen LogP contribution >= 0.6 is 0 Å². The fraction of sp³-hybridized carbons (Fsp3) is 0.667. The molecule has 2 heteroatoms. The monoisotopic (exact) mass is 289 g/mol. The maximum atomic E-state index is 3.75. The quantitative estimate of drug-likeness (QED) is 0.815. The van der Waals surface area contributed by atoms with Gasteiger partial charge in [0.05, 0.1) is 8.07 Å². The van der Waals surface area contributed by atoms with Crippen molar-refractivity contribution in [3.05, 3.63) is 29.8 Å². The number of nitrogens with one attached hydrogen (secondary N) is 1. The molecule has 1 saturated carbocycles. The van der Waals surface area contributed by atoms with E-state index in [9.17, 15) is 0 Å². The van der Waals surface area contributed by atoms with E-state index in [1.54, 1.807) is 5.19 Å². The number of rotatable bonds is 4. The van der Waals surface area contributed by atoms with Gasteiger partial charge in [0.15, 0.2) is 0 Å². The van der Waals surface area contributed by atoms with Crippen LogP contribution in [-0.4, -0.2) is 14.1 Å². The largest absolute Gasteiger partial charge is 0.310 e. The van der Waals surface area contributed by atoms with E-state index in [2.05, 4.69) is 63.1 Å². The minimum atomic E-state index is -1.15. The molecule has 0 aromatic heterocycles. The molecule has 0 saturated heterocycles. The summed E-state index contributed by atoms with van der Waals surface area (Å²) < 4.78 is 0. The van der Waals surface area contributed by atoms with Gasteiger partial charge in [0.1, 0.15) is 0 Å². The van der Waals surface area contributed by atoms with Crippen LogP contribution in [-0.2, 0) is 6.54 Å². The van der Waals surface area contributed by atoms with E-state index in [4.69, 9.17) is 0 Å². The summed E-state index contributed by atoms with van der Waals surface area (Å²) in [5.41, 5.74) is 1.99. The Bertz CT molecular complexity index is 418. The number of hydrogen-bond donors (Lipinski definition) is 1. The average molecular weight is 290 g/mol. The zero-order valence-electron chi connectivity index (χ0n) is 13.9. The Hall–Kier alpha value is -0.603. The van der Waals surface area contributed by atoms with Crippen molar-refractivity contribution in [2.45, 2.75) is 71.8 Å². The van der Waals surface area contributed by atoms with E-state index in [1.807, 2.05) is 0 Å². The van der Waals surface area contributed by atoms with Gasteiger partial charge in [0.25, 0.3) is 0 Å². The minimum Gasteiger partial charge on any atom is -0.310 e. The van der Waals surface area contributed by atoms with Crippen molar-refractivity contribution in [3.8, 4) is 0 Å². The highest BCUT2D eigenvalue weighted by molar-refractivity contribution is 6.88. The highest BCUT2D eigenvalue weighted by atomic mass is 28.3. The lowest BCUT2D eigenvalue weighted by molar-refractivity contribution is 0.206. The molecule has 0 atom stereocenters. The summed E-state index contributed by atoms with van der Waals surface area (Å²) >= 11 is 0. The van der Waals surface area contributed by atoms with Gasteiger partial charge in [-0.3, -0.25) is 0 Å². The second-order valence-corrected chi connectivity index (χ2v) is 13.3. The average Bonchev–Trinajstić information content (AvgIpc) is 2.37. The summed E-state index contributed by atoms with van der Waals surface area (Å²) in [5, 5.41) is 5.30. The molecule has 0 heterocycles. The highest BCUT2D eigenvalue weighted by Crippen LogP contribution is 2.35. The third kappa shape index (κ3) is 4.46. The third-order valence-electron chi connectivity index (χ3n) is 4.75. The standard InChI is InChI=1S/C18H31NSi/c1-18(2)12-10-16(11-13-18)19-14-15-6-8-17(9-7-15)20(3,4)5/h6-9,16,19H,10-14H2,1-5H3. The normalized spacial score (nSPS) is 20.1. The summed E-state index contributed by atoms with van der Waals surface area (Å²) in [4.78, 5) is 0. The fourth-order valence-electron chi connectivity index (χ4n) is 2.99. The van der Waals surface area contributed by atoms with Crippen molar-refractivity contribution >= 4 is 13.3 Å². The van der Waals surface area contributed by atoms with Crippen LogP contribution in [0.1, 0.15) is 45.1 Å². The van der Waals surface area contributed by atoms with E-state index < -0.39 is 8.07 Å². The Morgan fingerprint density at radius 2 is 1.60 bits per heavy atom. The van der Waals surface area contributed by atoms with Gasteiger partial charge in [-0.15, -0.1) is 0 Å². The summed E-state index contributed by atoms with van der Waals surface area (Å²) in [6.45, 7) is 13.0. The van der Waals surface area contributed by atoms with Gasteiger partial charge in [-0.25, -0.2) is 0 Å². The van der Waals surface area contributed by atoms with E-state index in [0.29, 0.717) is 5.41 Å². The van der Waals surface area contributed by atoms with Crippen molar-refractivity contribution in [2.75, 3.05) is 0 Å². The van der Waals surface area contributed by atoms with Gasteiger partial charge < -0.3 is 5.32 Å². The molecule has 1 N–H and O–H groups in total. The van der Waals surface area contributed by atoms with Crippen LogP contribution in [0.4, 0.5) is 0 Å². The molecule has 1 aromatic carbocycles. The van der Waals surface area contributed by atoms with Crippen LogP contribution < -0.4 is 10.5 Å². The van der Waals surface area contributed by atoms with Crippen LogP contribution in [0.3, 0.4) is 0 Å². The molecule has 1 aromatic rings. The molecule has 0 spiro atoms. The molecule has 2 rings (SSSR count). The lowest BCUT2D eigenvalue weighted by atomic mass is 9.75. The topological polar surface area (TPSA) is 12.0 Å². The summed E-state index contributed by atoms with van der Waals surface area (Å²) in [6, 6.07) is 10.0. The Morgan fingerprint density at radius 1 is 1.05 bits per heavy atom. The first-order chi connectivity index (χ1) is 9.26. The molecule has 0 radical (unpaired) electrons. The van der Waals surface area contributed by atoms with Crippen LogP contribution in [0.2, 0.25) is 19.6 Å². The maximum Gasteiger partial charge on any atom is 0.0775 e. The maximum absolute atomic E-state index is 3.75. The predicted octanol–water partition coefficient (Wildman–Crippen LogP) is 4.29. The molecule has 1 fully saturated rings. The summed E-state index contributed by atoms with van der Waals surface area (Å²) in [6.07, 6.45) is 5.39. The Morgan fingerprint density at radius 3 is 2.10 bits per heavy atom. The molecule has 1 nitrogen and oxygen atoms in total. The van der Waals surface area contributed by atoms with E-state index in [0.717, 1.165) is 12.6 Å². The smallest absolute Gasteiger partial charge is 0.0775 e. The Balaban J connectivity index is 1.83. The molecular weight excluding hydrogens is 258 g/mol. The molecule has 20 heavy (non-hydrogen) atoms. The van der Waals surface area contributed by atoms with Gasteiger partial charge in [0, 0.05) is 12.6 Å². The van der Waals surface area contributed by atoms with Crippen LogP contribution in [0.25, 0.3) is 0 Å². The van der Waals surface area contributed by atoms with Crippen molar-refractivity contribution in [3.63, 3.8) is 0 Å². The van der Waals surface area contributed by atoms with E-state index in [1.165, 1.54) is 31.2 Å². The summed E-state index contributed by atoms with van der Waals surface area (Å²) in [5.74, 6) is 0. The molecule has 0 bridgehead atoms. The van der Waals surface area contributed by atoms with Gasteiger partial charge in [-0.1, -0.05) is 62.9 Å². The fourth-order valence-corrected chi connectivity index (χ4v) is 4.15. The second-order valence-electron chi connectivity index (χ2n) is 8.27. The predicted molar refractivity (Wildman–Crippen MR) is 92.3 cm³/mol. The van der Waals surface area contributed by atoms with Crippen LogP contribution in [0.15, 0.2) is 24.3 Å². The van der Waals surface area contributed by atoms with Crippen molar-refractivity contribution in [1.82, 2.24) is 5.32 Å². The molecule has 1 aliphatic rings. The van der Waals surface area contributed by atoms with Gasteiger partial charge in [-0.05, 0) is 36.7 Å². The van der Waals surface area contributed by atoms with E-state index >= 15 is 0 Å². The van der Waals surface area contributed by atoms with Gasteiger partial charge >= 0.3 is 0 Å². The molecular formula is C18H31NSi. The molecule has 0 amide bonds. The van der Waals surface area contributed by atoms with Gasteiger partial charge in [-0.2, -0.15) is 0 Å². The first-order valence-corrected chi connectivity index (χ1v) is 11.6. The molecule has 0 unspecified atom stereocenters. The number of benzene rings is 1. The van der Waals surface area contributed by atoms with E-state index in [-0.39, 0.29) is 0 Å². The second kappa shape index (κ2) is 6.03. The lowest BCUT2D eigenvalue weighted by Crippen LogP contribution is -2.37. The molecule has 0 aliphatic heterocycles. The SMILES string of the molecule is CC1(C)CCC(NCc2ccc([Si](C)(C)C)cc2)CC1. The Labute approximate surface area is 126 Å². The van der Waals surface area contributed by atoms with Crippen molar-refractivity contribution < 1.29 is 0 Å². The van der Waals surface area contributed by atoms with Crippen molar-refractivity contribution in [1.29, 1.82) is 0 Å². The highest BCUT2D eigenvalue weighted by Gasteiger charge is 2.26.